The van der Waals surface area contributed by atoms with Gasteiger partial charge in [-0.2, -0.15) is 0 Å². The van der Waals surface area contributed by atoms with Gasteiger partial charge in [0.1, 0.15) is 28.0 Å². The van der Waals surface area contributed by atoms with Crippen LogP contribution < -0.4 is 4.74 Å². The van der Waals surface area contributed by atoms with E-state index in [0.717, 1.165) is 11.5 Å². The lowest BCUT2D eigenvalue weighted by molar-refractivity contribution is 0.0691. The fraction of sp³-hybridized carbons (Fsp3) is 0.100. The Morgan fingerprint density at radius 3 is 2.83 bits per heavy atom. The number of ether oxygens (including phenoxy) is 1. The number of hydrogen-bond donors (Lipinski definition) is 1. The third-order valence-electron chi connectivity index (χ3n) is 2.05. The van der Waals surface area contributed by atoms with Crippen LogP contribution in [0.3, 0.4) is 0 Å². The number of carboxylic acids is 1. The van der Waals surface area contributed by atoms with E-state index in [2.05, 4.69) is 9.59 Å². The van der Waals surface area contributed by atoms with Gasteiger partial charge in [0.25, 0.3) is 0 Å². The highest BCUT2D eigenvalue weighted by molar-refractivity contribution is 7.10. The Bertz CT molecular complexity index is 588. The monoisotopic (exact) mass is 304 g/mol. The smallest absolute Gasteiger partial charge is 0.339 e. The Labute approximate surface area is 116 Å². The van der Waals surface area contributed by atoms with Crippen LogP contribution in [0.1, 0.15) is 16.1 Å². The van der Waals surface area contributed by atoms with Crippen molar-refractivity contribution in [1.82, 2.24) is 9.59 Å². The molecule has 2 rings (SSSR count). The molecular formula is C10H6Cl2N2O3S. The van der Waals surface area contributed by atoms with E-state index in [1.807, 2.05) is 0 Å². The third kappa shape index (κ3) is 2.90. The lowest BCUT2D eigenvalue weighted by atomic mass is 10.2. The molecule has 1 N–H and O–H groups in total. The molecule has 0 spiro atoms. The predicted octanol–water partition coefficient (Wildman–Crippen LogP) is 3.12. The molecule has 94 valence electrons. The Morgan fingerprint density at radius 2 is 2.22 bits per heavy atom. The lowest BCUT2D eigenvalue weighted by Gasteiger charge is -2.08. The van der Waals surface area contributed by atoms with Gasteiger partial charge in [-0.05, 0) is 18.2 Å². The molecule has 0 bridgehead atoms. The summed E-state index contributed by atoms with van der Waals surface area (Å²) in [5, 5.41) is 13.1. The van der Waals surface area contributed by atoms with Crippen LogP contribution in [0.15, 0.2) is 18.2 Å². The molecule has 1 aromatic heterocycles. The second kappa shape index (κ2) is 5.51. The van der Waals surface area contributed by atoms with E-state index in [1.54, 1.807) is 0 Å². The van der Waals surface area contributed by atoms with Gasteiger partial charge in [-0.15, -0.1) is 5.10 Å². The van der Waals surface area contributed by atoms with E-state index in [1.165, 1.54) is 18.2 Å². The minimum absolute atomic E-state index is 0.0266. The van der Waals surface area contributed by atoms with E-state index < -0.39 is 5.97 Å². The Kier molecular flexibility index (Phi) is 4.00. The van der Waals surface area contributed by atoms with Crippen molar-refractivity contribution in [3.05, 3.63) is 38.8 Å². The van der Waals surface area contributed by atoms with Crippen LogP contribution in [0, 0.1) is 0 Å². The third-order valence-corrected chi connectivity index (χ3v) is 3.27. The zero-order valence-corrected chi connectivity index (χ0v) is 11.1. The van der Waals surface area contributed by atoms with E-state index >= 15 is 0 Å². The summed E-state index contributed by atoms with van der Waals surface area (Å²) in [7, 11) is 0. The molecule has 0 unspecified atom stereocenters. The largest absolute Gasteiger partial charge is 0.486 e. The summed E-state index contributed by atoms with van der Waals surface area (Å²) in [6.45, 7) is 0.0377. The summed E-state index contributed by atoms with van der Waals surface area (Å²) < 4.78 is 9.42. The van der Waals surface area contributed by atoms with Crippen molar-refractivity contribution in [2.24, 2.45) is 0 Å². The van der Waals surface area contributed by atoms with Crippen LogP contribution in [0.4, 0.5) is 0 Å². The quantitative estimate of drug-likeness (QED) is 0.939. The van der Waals surface area contributed by atoms with Crippen LogP contribution in [-0.4, -0.2) is 20.7 Å². The predicted molar refractivity (Wildman–Crippen MR) is 67.7 cm³/mol. The van der Waals surface area contributed by atoms with Gasteiger partial charge in [-0.1, -0.05) is 27.7 Å². The lowest BCUT2D eigenvalue weighted by Crippen LogP contribution is -2.03. The molecule has 0 amide bonds. The number of hydrogen-bond acceptors (Lipinski definition) is 5. The summed E-state index contributed by atoms with van der Waals surface area (Å²) in [6.07, 6.45) is 0. The van der Waals surface area contributed by atoms with Crippen molar-refractivity contribution < 1.29 is 14.6 Å². The van der Waals surface area contributed by atoms with Gasteiger partial charge >= 0.3 is 5.97 Å². The van der Waals surface area contributed by atoms with Gasteiger partial charge in [0.2, 0.25) is 0 Å². The molecular weight excluding hydrogens is 299 g/mol. The van der Waals surface area contributed by atoms with Crippen molar-refractivity contribution in [2.45, 2.75) is 6.61 Å². The van der Waals surface area contributed by atoms with E-state index in [9.17, 15) is 4.79 Å². The van der Waals surface area contributed by atoms with Crippen LogP contribution in [0.25, 0.3) is 0 Å². The summed E-state index contributed by atoms with van der Waals surface area (Å²) in [5.41, 5.74) is 0.483. The number of carbonyl (C=O) groups is 1. The van der Waals surface area contributed by atoms with Crippen LogP contribution in [0.2, 0.25) is 9.36 Å². The molecule has 1 aromatic carbocycles. The number of nitrogens with zero attached hydrogens (tertiary/aromatic N) is 2. The first-order chi connectivity index (χ1) is 8.58. The molecule has 0 aliphatic rings. The Morgan fingerprint density at radius 1 is 1.44 bits per heavy atom. The van der Waals surface area contributed by atoms with Crippen molar-refractivity contribution in [3.63, 3.8) is 0 Å². The highest BCUT2D eigenvalue weighted by Gasteiger charge is 2.13. The molecule has 0 saturated carbocycles. The Hall–Kier alpha value is -1.37. The zero-order chi connectivity index (χ0) is 13.1. The van der Waals surface area contributed by atoms with Crippen molar-refractivity contribution in [1.29, 1.82) is 0 Å². The van der Waals surface area contributed by atoms with Gasteiger partial charge in [-0.3, -0.25) is 0 Å². The first kappa shape index (κ1) is 13.1. The summed E-state index contributed by atoms with van der Waals surface area (Å²) in [4.78, 5) is 11.0. The van der Waals surface area contributed by atoms with Gasteiger partial charge in [0.15, 0.2) is 0 Å². The van der Waals surface area contributed by atoms with Crippen molar-refractivity contribution in [3.8, 4) is 5.75 Å². The van der Waals surface area contributed by atoms with Crippen molar-refractivity contribution >= 4 is 40.7 Å². The maximum atomic E-state index is 11.0. The maximum Gasteiger partial charge on any atom is 0.339 e. The highest BCUT2D eigenvalue weighted by atomic mass is 35.5. The minimum atomic E-state index is -1.09. The average molecular weight is 305 g/mol. The second-order valence-corrected chi connectivity index (χ2v) is 5.02. The molecule has 0 atom stereocenters. The molecule has 0 aliphatic carbocycles. The first-order valence-corrected chi connectivity index (χ1v) is 6.23. The topological polar surface area (TPSA) is 72.3 Å². The fourth-order valence-electron chi connectivity index (χ4n) is 1.22. The standard InChI is InChI=1S/C10H6Cl2N2O3S/c11-5-1-2-6(10(15)16)8(3-5)17-4-7-9(12)18-14-13-7/h1-3H,4H2,(H,15,16). The number of halogens is 2. The highest BCUT2D eigenvalue weighted by Crippen LogP contribution is 2.25. The molecule has 0 aliphatic heterocycles. The first-order valence-electron chi connectivity index (χ1n) is 4.70. The number of aromatic carboxylic acids is 1. The summed E-state index contributed by atoms with van der Waals surface area (Å²) in [6, 6.07) is 4.29. The maximum absolute atomic E-state index is 11.0. The van der Waals surface area contributed by atoms with E-state index in [-0.39, 0.29) is 17.9 Å². The summed E-state index contributed by atoms with van der Waals surface area (Å²) >= 11 is 12.6. The molecule has 18 heavy (non-hydrogen) atoms. The van der Waals surface area contributed by atoms with E-state index in [0.29, 0.717) is 15.1 Å². The Balaban J connectivity index is 2.20. The van der Waals surface area contributed by atoms with Crippen LogP contribution in [-0.2, 0) is 6.61 Å². The number of benzene rings is 1. The van der Waals surface area contributed by atoms with E-state index in [4.69, 9.17) is 33.0 Å². The molecule has 2 aromatic rings. The molecule has 5 nitrogen and oxygen atoms in total. The molecule has 0 saturated heterocycles. The fourth-order valence-corrected chi connectivity index (χ4v) is 1.98. The van der Waals surface area contributed by atoms with Gasteiger partial charge < -0.3 is 9.84 Å². The SMILES string of the molecule is O=C(O)c1ccc(Cl)cc1OCc1nnsc1Cl. The minimum Gasteiger partial charge on any atom is -0.486 e. The van der Waals surface area contributed by atoms with Gasteiger partial charge in [-0.25, -0.2) is 4.79 Å². The van der Waals surface area contributed by atoms with Gasteiger partial charge in [0.05, 0.1) is 0 Å². The summed E-state index contributed by atoms with van der Waals surface area (Å²) in [5.74, 6) is -0.928. The number of carboxylic acid groups (broad SMARTS) is 1. The normalized spacial score (nSPS) is 10.3. The van der Waals surface area contributed by atoms with Crippen LogP contribution in [0.5, 0.6) is 5.75 Å². The molecule has 8 heteroatoms. The molecule has 0 radical (unpaired) electrons. The van der Waals surface area contributed by atoms with Crippen molar-refractivity contribution in [2.75, 3.05) is 0 Å². The van der Waals surface area contributed by atoms with Gasteiger partial charge in [0, 0.05) is 16.6 Å². The molecule has 0 fully saturated rings. The zero-order valence-electron chi connectivity index (χ0n) is 8.76. The van der Waals surface area contributed by atoms with Crippen LogP contribution >= 0.6 is 34.7 Å². The molecule has 1 heterocycles. The number of rotatable bonds is 4. The number of aromatic nitrogens is 2. The average Bonchev–Trinajstić information content (AvgIpc) is 2.72. The second-order valence-electron chi connectivity index (χ2n) is 3.23.